The lowest BCUT2D eigenvalue weighted by Crippen LogP contribution is -2.37. The van der Waals surface area contributed by atoms with Gasteiger partial charge >= 0.3 is 11.7 Å². The number of amides is 1. The zero-order valence-corrected chi connectivity index (χ0v) is 22.0. The van der Waals surface area contributed by atoms with Crippen molar-refractivity contribution in [2.45, 2.75) is 19.8 Å². The summed E-state index contributed by atoms with van der Waals surface area (Å²) in [7, 11) is 0. The summed E-state index contributed by atoms with van der Waals surface area (Å²) < 4.78 is 6.88. The van der Waals surface area contributed by atoms with Gasteiger partial charge in [-0.1, -0.05) is 48.5 Å². The molecule has 0 fully saturated rings. The Bertz CT molecular complexity index is 1650. The number of para-hydroxylation sites is 1. The van der Waals surface area contributed by atoms with Crippen LogP contribution in [0.3, 0.4) is 0 Å². The summed E-state index contributed by atoms with van der Waals surface area (Å²) in [5.41, 5.74) is 14.3. The lowest BCUT2D eigenvalue weighted by Gasteiger charge is -2.33. The number of carbonyl (C=O) groups excluding carboxylic acids is 2. The van der Waals surface area contributed by atoms with E-state index in [1.54, 1.807) is 50.2 Å². The van der Waals surface area contributed by atoms with Gasteiger partial charge < -0.3 is 15.8 Å². The van der Waals surface area contributed by atoms with Crippen molar-refractivity contribution in [2.24, 2.45) is 0 Å². The van der Waals surface area contributed by atoms with Gasteiger partial charge in [0.15, 0.2) is 5.82 Å². The van der Waals surface area contributed by atoms with Crippen molar-refractivity contribution in [3.63, 3.8) is 0 Å². The van der Waals surface area contributed by atoms with Crippen LogP contribution in [-0.4, -0.2) is 28.0 Å². The van der Waals surface area contributed by atoms with Crippen molar-refractivity contribution in [1.82, 2.24) is 15.0 Å². The molecule has 10 nitrogen and oxygen atoms in total. The molecule has 3 aromatic carbocycles. The van der Waals surface area contributed by atoms with Crippen molar-refractivity contribution < 1.29 is 14.3 Å². The van der Waals surface area contributed by atoms with Gasteiger partial charge in [-0.15, -0.1) is 0 Å². The fourth-order valence-corrected chi connectivity index (χ4v) is 4.73. The maximum atomic E-state index is 13.5. The zero-order valence-electron chi connectivity index (χ0n) is 22.0. The first kappa shape index (κ1) is 26.2. The number of aromatic nitrogens is 2. The van der Waals surface area contributed by atoms with Crippen molar-refractivity contribution in [3.05, 3.63) is 123 Å². The molecule has 2 heterocycles. The van der Waals surface area contributed by atoms with Crippen molar-refractivity contribution in [3.8, 4) is 5.69 Å². The molecule has 1 unspecified atom stereocenters. The summed E-state index contributed by atoms with van der Waals surface area (Å²) in [6.07, 6.45) is 0. The third-order valence-corrected chi connectivity index (χ3v) is 6.53. The Morgan fingerprint density at radius 3 is 2.30 bits per heavy atom. The standard InChI is InChI=1S/C30H28N6O4/c1-3-40-29(38)23-18(2)32-27-25(24(23)19-10-6-4-7-11-19)26(33-30(39)36(27)22-12-8-5-9-13-22)34-35-28(37)20-14-16-21(31)17-15-20/h4-17,24,32H,3,31H2,1-2H3,(H,35,37)(H,33,34,39). The average molecular weight is 537 g/mol. The normalized spacial score (nSPS) is 14.1. The average Bonchev–Trinajstić information content (AvgIpc) is 2.96. The second-order valence-electron chi connectivity index (χ2n) is 9.11. The quantitative estimate of drug-likeness (QED) is 0.158. The molecule has 1 aliphatic rings. The van der Waals surface area contributed by atoms with E-state index in [4.69, 9.17) is 10.5 Å². The SMILES string of the molecule is CCOC(=O)C1=C(C)Nc2c(c(NNC(=O)c3ccc(N)cc3)nc(=O)n2-c2ccccc2)C1c1ccccc1. The second-order valence-corrected chi connectivity index (χ2v) is 9.11. The molecule has 1 aromatic heterocycles. The minimum absolute atomic E-state index is 0.0895. The van der Waals surface area contributed by atoms with Gasteiger partial charge in [0.25, 0.3) is 5.91 Å². The van der Waals surface area contributed by atoms with E-state index in [1.165, 1.54) is 4.57 Å². The first-order valence-electron chi connectivity index (χ1n) is 12.7. The smallest absolute Gasteiger partial charge is 0.355 e. The number of rotatable bonds is 7. The number of hydrogen-bond acceptors (Lipinski definition) is 8. The van der Waals surface area contributed by atoms with Crippen LogP contribution in [0.5, 0.6) is 0 Å². The predicted octanol–water partition coefficient (Wildman–Crippen LogP) is 3.97. The van der Waals surface area contributed by atoms with Crippen molar-refractivity contribution >= 4 is 29.2 Å². The van der Waals surface area contributed by atoms with Gasteiger partial charge in [-0.25, -0.2) is 14.2 Å². The number of nitrogens with zero attached hydrogens (tertiary/aromatic N) is 2. The minimum Gasteiger partial charge on any atom is -0.463 e. The number of hydrogen-bond donors (Lipinski definition) is 4. The van der Waals surface area contributed by atoms with Crippen LogP contribution < -0.4 is 27.6 Å². The minimum atomic E-state index is -0.671. The molecule has 5 rings (SSSR count). The topological polar surface area (TPSA) is 140 Å². The number of esters is 1. The van der Waals surface area contributed by atoms with E-state index >= 15 is 0 Å². The van der Waals surface area contributed by atoms with Crippen LogP contribution in [0.15, 0.2) is 101 Å². The molecule has 1 aliphatic heterocycles. The highest BCUT2D eigenvalue weighted by atomic mass is 16.5. The fourth-order valence-electron chi connectivity index (χ4n) is 4.73. The van der Waals surface area contributed by atoms with Crippen LogP contribution in [-0.2, 0) is 9.53 Å². The van der Waals surface area contributed by atoms with Crippen molar-refractivity contribution in [1.29, 1.82) is 0 Å². The van der Waals surface area contributed by atoms with E-state index in [-0.39, 0.29) is 12.4 Å². The third kappa shape index (κ3) is 5.02. The highest BCUT2D eigenvalue weighted by molar-refractivity contribution is 5.97. The monoisotopic (exact) mass is 536 g/mol. The molecule has 0 saturated heterocycles. The molecule has 0 spiro atoms. The van der Waals surface area contributed by atoms with E-state index in [0.717, 1.165) is 5.56 Å². The number of nitrogens with two attached hydrogens (primary N) is 1. The summed E-state index contributed by atoms with van der Waals surface area (Å²) in [6, 6.07) is 24.9. The lowest BCUT2D eigenvalue weighted by molar-refractivity contribution is -0.138. The number of ether oxygens (including phenoxy) is 1. The summed E-state index contributed by atoms with van der Waals surface area (Å²) in [5, 5.41) is 3.26. The number of anilines is 3. The summed E-state index contributed by atoms with van der Waals surface area (Å²) in [5.74, 6) is -1.13. The van der Waals surface area contributed by atoms with Crippen LogP contribution in [0.4, 0.5) is 17.3 Å². The van der Waals surface area contributed by atoms with Gasteiger partial charge in [0.2, 0.25) is 0 Å². The molecule has 40 heavy (non-hydrogen) atoms. The molecule has 0 bridgehead atoms. The first-order chi connectivity index (χ1) is 19.4. The summed E-state index contributed by atoms with van der Waals surface area (Å²) in [4.78, 5) is 44.0. The Labute approximate surface area is 230 Å². The van der Waals surface area contributed by atoms with Gasteiger partial charge in [0, 0.05) is 22.5 Å². The maximum absolute atomic E-state index is 13.5. The Morgan fingerprint density at radius 2 is 1.65 bits per heavy atom. The molecule has 0 radical (unpaired) electrons. The highest BCUT2D eigenvalue weighted by Crippen LogP contribution is 2.45. The van der Waals surface area contributed by atoms with Gasteiger partial charge in [-0.05, 0) is 55.8 Å². The van der Waals surface area contributed by atoms with E-state index in [0.29, 0.717) is 39.6 Å². The number of carbonyl (C=O) groups is 2. The number of allylic oxidation sites excluding steroid dienone is 1. The molecule has 10 heteroatoms. The summed E-state index contributed by atoms with van der Waals surface area (Å²) >= 11 is 0. The van der Waals surface area contributed by atoms with Gasteiger partial charge in [0.05, 0.1) is 23.8 Å². The van der Waals surface area contributed by atoms with Crippen LogP contribution in [0.1, 0.15) is 41.3 Å². The van der Waals surface area contributed by atoms with E-state index in [9.17, 15) is 14.4 Å². The van der Waals surface area contributed by atoms with Crippen LogP contribution in [0, 0.1) is 0 Å². The fraction of sp³-hybridized carbons (Fsp3) is 0.133. The number of nitrogen functional groups attached to an aromatic ring is 1. The number of nitrogens with one attached hydrogen (secondary N) is 3. The molecule has 4 aromatic rings. The third-order valence-electron chi connectivity index (χ3n) is 6.53. The van der Waals surface area contributed by atoms with Crippen LogP contribution in [0.2, 0.25) is 0 Å². The largest absolute Gasteiger partial charge is 0.463 e. The van der Waals surface area contributed by atoms with Crippen LogP contribution >= 0.6 is 0 Å². The maximum Gasteiger partial charge on any atom is 0.355 e. The zero-order chi connectivity index (χ0) is 28.2. The molecule has 0 aliphatic carbocycles. The number of benzene rings is 3. The first-order valence-corrected chi connectivity index (χ1v) is 12.7. The van der Waals surface area contributed by atoms with E-state index in [2.05, 4.69) is 21.2 Å². The van der Waals surface area contributed by atoms with Gasteiger partial charge in [-0.2, -0.15) is 4.98 Å². The van der Waals surface area contributed by atoms with E-state index < -0.39 is 23.5 Å². The number of hydrazine groups is 1. The molecule has 1 amide bonds. The number of fused-ring (bicyclic) bond motifs is 1. The van der Waals surface area contributed by atoms with Crippen molar-refractivity contribution in [2.75, 3.05) is 23.1 Å². The molecular weight excluding hydrogens is 508 g/mol. The highest BCUT2D eigenvalue weighted by Gasteiger charge is 2.38. The molecule has 1 atom stereocenters. The van der Waals surface area contributed by atoms with Gasteiger partial charge in [0.1, 0.15) is 5.82 Å². The molecule has 5 N–H and O–H groups in total. The molecule has 202 valence electrons. The van der Waals surface area contributed by atoms with Crippen LogP contribution in [0.25, 0.3) is 5.69 Å². The Morgan fingerprint density at radius 1 is 1.00 bits per heavy atom. The molecule has 0 saturated carbocycles. The Balaban J connectivity index is 1.70. The van der Waals surface area contributed by atoms with E-state index in [1.807, 2.05) is 48.5 Å². The predicted molar refractivity (Wildman–Crippen MR) is 153 cm³/mol. The second kappa shape index (κ2) is 11.2. The lowest BCUT2D eigenvalue weighted by atomic mass is 9.81. The summed E-state index contributed by atoms with van der Waals surface area (Å²) in [6.45, 7) is 3.69. The Hall–Kier alpha value is -5.38. The van der Waals surface area contributed by atoms with Gasteiger partial charge in [-0.3, -0.25) is 15.6 Å². The molecular formula is C30H28N6O4. The Kier molecular flexibility index (Phi) is 7.32.